The van der Waals surface area contributed by atoms with E-state index in [1.54, 1.807) is 0 Å². The molecule has 0 fully saturated rings. The largest absolute Gasteiger partial charge is 0.756 e. The SMILES string of the molecule is CCCCC/C=C\C/C=C\C/C=C\C/C=C\CCCCCCCCCCCC(=O)NC(COP(=O)([O-])OCC[N+](C)(C)C)C(/C=C\CCCCCCCCCCC)OC(=O)CCCCC/C=C\CCCCCCCC. The van der Waals surface area contributed by atoms with Crippen LogP contribution in [0, 0.1) is 0 Å². The molecule has 9 nitrogen and oxygen atoms in total. The first-order valence-electron chi connectivity index (χ1n) is 31.2. The number of allylic oxidation sites excluding steroid dienone is 11. The molecule has 0 aliphatic rings. The molecular weight excluding hydrogens is 952 g/mol. The molecule has 3 atom stereocenters. The molecular formula is C65H119N2O7P. The summed E-state index contributed by atoms with van der Waals surface area (Å²) in [5.41, 5.74) is 0. The van der Waals surface area contributed by atoms with Gasteiger partial charge in [-0.15, -0.1) is 0 Å². The van der Waals surface area contributed by atoms with E-state index in [0.717, 1.165) is 96.3 Å². The van der Waals surface area contributed by atoms with Crippen LogP contribution in [0.1, 0.15) is 278 Å². The van der Waals surface area contributed by atoms with Crippen molar-refractivity contribution in [3.8, 4) is 0 Å². The van der Waals surface area contributed by atoms with Crippen LogP contribution in [0.5, 0.6) is 0 Å². The van der Waals surface area contributed by atoms with Gasteiger partial charge in [0.15, 0.2) is 0 Å². The number of rotatable bonds is 56. The highest BCUT2D eigenvalue weighted by atomic mass is 31.2. The standard InChI is InChI=1S/C65H119N2O7P/c1-7-10-13-16-19-22-25-27-28-29-30-31-32-33-34-35-36-37-38-40-42-45-48-51-54-57-64(68)66-62(61-73-75(70,71)72-60-59-67(4,5)6)63(56-53-50-47-44-41-24-21-18-15-12-9-3)74-65(69)58-55-52-49-46-43-39-26-23-20-17-14-11-8-2/h19,22,27-28,30-31,33-34,39,43,53,56,62-63H,7-18,20-21,23-26,29,32,35-38,40-42,44-52,54-55,57-61H2,1-6H3,(H-,66,68,70,71)/b22-19-,28-27-,31-30-,34-33-,43-39-,56-53-. The van der Waals surface area contributed by atoms with Crippen molar-refractivity contribution in [1.82, 2.24) is 5.32 Å². The second kappa shape index (κ2) is 54.8. The van der Waals surface area contributed by atoms with Gasteiger partial charge in [0.05, 0.1) is 33.8 Å². The second-order valence-electron chi connectivity index (χ2n) is 22.2. The number of hydrogen-bond acceptors (Lipinski definition) is 7. The lowest BCUT2D eigenvalue weighted by atomic mass is 10.0. The Hall–Kier alpha value is -2.55. The predicted octanol–water partition coefficient (Wildman–Crippen LogP) is 18.6. The zero-order chi connectivity index (χ0) is 55.0. The Labute approximate surface area is 463 Å². The van der Waals surface area contributed by atoms with Gasteiger partial charge in [-0.2, -0.15) is 0 Å². The van der Waals surface area contributed by atoms with Crippen molar-refractivity contribution in [1.29, 1.82) is 0 Å². The molecule has 0 aromatic heterocycles. The average molecular weight is 1070 g/mol. The van der Waals surface area contributed by atoms with Crippen LogP contribution < -0.4 is 10.2 Å². The molecule has 0 aromatic carbocycles. The van der Waals surface area contributed by atoms with Gasteiger partial charge in [-0.05, 0) is 102 Å². The van der Waals surface area contributed by atoms with E-state index in [1.165, 1.54) is 141 Å². The summed E-state index contributed by atoms with van der Waals surface area (Å²) in [6, 6.07) is -0.899. The van der Waals surface area contributed by atoms with Crippen molar-refractivity contribution in [2.75, 3.05) is 40.9 Å². The van der Waals surface area contributed by atoms with E-state index in [-0.39, 0.29) is 24.9 Å². The van der Waals surface area contributed by atoms with Crippen LogP contribution in [0.2, 0.25) is 0 Å². The van der Waals surface area contributed by atoms with E-state index in [2.05, 4.69) is 86.8 Å². The van der Waals surface area contributed by atoms with E-state index in [9.17, 15) is 19.0 Å². The summed E-state index contributed by atoms with van der Waals surface area (Å²) in [5, 5.41) is 3.02. The lowest BCUT2D eigenvalue weighted by molar-refractivity contribution is -0.870. The number of quaternary nitrogens is 1. The van der Waals surface area contributed by atoms with Crippen molar-refractivity contribution < 1.29 is 37.3 Å². The Morgan fingerprint density at radius 1 is 0.467 bits per heavy atom. The van der Waals surface area contributed by atoms with Gasteiger partial charge in [0.2, 0.25) is 5.91 Å². The van der Waals surface area contributed by atoms with Gasteiger partial charge in [0.1, 0.15) is 19.3 Å². The van der Waals surface area contributed by atoms with Gasteiger partial charge in [-0.3, -0.25) is 14.2 Å². The quantitative estimate of drug-likeness (QED) is 0.0212. The van der Waals surface area contributed by atoms with Gasteiger partial charge in [-0.25, -0.2) is 0 Å². The number of esters is 1. The minimum atomic E-state index is -4.70. The van der Waals surface area contributed by atoms with Gasteiger partial charge in [-0.1, -0.05) is 235 Å². The number of nitrogens with zero attached hydrogens (tertiary/aromatic N) is 1. The van der Waals surface area contributed by atoms with Crippen LogP contribution >= 0.6 is 7.82 Å². The fraction of sp³-hybridized carbons (Fsp3) is 0.785. The van der Waals surface area contributed by atoms with Crippen LogP contribution in [-0.2, 0) is 27.9 Å². The molecule has 436 valence electrons. The molecule has 0 spiro atoms. The first-order valence-corrected chi connectivity index (χ1v) is 32.7. The fourth-order valence-electron chi connectivity index (χ4n) is 8.74. The summed E-state index contributed by atoms with van der Waals surface area (Å²) in [4.78, 5) is 39.9. The van der Waals surface area contributed by atoms with Gasteiger partial charge >= 0.3 is 5.97 Å². The second-order valence-corrected chi connectivity index (χ2v) is 23.6. The topological polar surface area (TPSA) is 114 Å². The molecule has 1 N–H and O–H groups in total. The summed E-state index contributed by atoms with van der Waals surface area (Å²) in [6.45, 7) is 6.79. The lowest BCUT2D eigenvalue weighted by Gasteiger charge is -2.30. The van der Waals surface area contributed by atoms with E-state index in [0.29, 0.717) is 23.9 Å². The van der Waals surface area contributed by atoms with Gasteiger partial charge in [0, 0.05) is 12.8 Å². The number of amides is 1. The van der Waals surface area contributed by atoms with Crippen molar-refractivity contribution in [2.45, 2.75) is 290 Å². The lowest BCUT2D eigenvalue weighted by Crippen LogP contribution is -2.47. The maximum Gasteiger partial charge on any atom is 0.306 e. The highest BCUT2D eigenvalue weighted by Crippen LogP contribution is 2.38. The summed E-state index contributed by atoms with van der Waals surface area (Å²) in [7, 11) is 1.17. The third-order valence-corrected chi connectivity index (χ3v) is 14.6. The third kappa shape index (κ3) is 56.0. The molecule has 0 bridgehead atoms. The molecule has 0 aliphatic heterocycles. The molecule has 0 rings (SSSR count). The van der Waals surface area contributed by atoms with E-state index in [1.807, 2.05) is 33.3 Å². The van der Waals surface area contributed by atoms with Crippen LogP contribution in [0.25, 0.3) is 0 Å². The summed E-state index contributed by atoms with van der Waals surface area (Å²) in [5.74, 6) is -0.566. The average Bonchev–Trinajstić information content (AvgIpc) is 3.37. The van der Waals surface area contributed by atoms with E-state index < -0.39 is 26.6 Å². The van der Waals surface area contributed by atoms with Gasteiger partial charge in [0.25, 0.3) is 7.82 Å². The monoisotopic (exact) mass is 1070 g/mol. The third-order valence-electron chi connectivity index (χ3n) is 13.6. The number of ether oxygens (including phenoxy) is 1. The minimum absolute atomic E-state index is 0.0277. The smallest absolute Gasteiger partial charge is 0.306 e. The highest BCUT2D eigenvalue weighted by Gasteiger charge is 2.27. The molecule has 10 heteroatoms. The Morgan fingerprint density at radius 2 is 0.813 bits per heavy atom. The zero-order valence-electron chi connectivity index (χ0n) is 49.7. The van der Waals surface area contributed by atoms with E-state index >= 15 is 0 Å². The van der Waals surface area contributed by atoms with Crippen LogP contribution in [-0.4, -0.2) is 69.4 Å². The van der Waals surface area contributed by atoms with Crippen molar-refractivity contribution in [3.05, 3.63) is 72.9 Å². The first-order chi connectivity index (χ1) is 36.4. The molecule has 0 aromatic rings. The number of unbranched alkanes of at least 4 members (excludes halogenated alkanes) is 30. The Morgan fingerprint density at radius 3 is 1.27 bits per heavy atom. The van der Waals surface area contributed by atoms with Crippen LogP contribution in [0.4, 0.5) is 0 Å². The number of phosphoric ester groups is 1. The molecule has 0 aliphatic carbocycles. The summed E-state index contributed by atoms with van der Waals surface area (Å²) >= 11 is 0. The highest BCUT2D eigenvalue weighted by molar-refractivity contribution is 7.45. The number of carbonyl (C=O) groups is 2. The number of carbonyl (C=O) groups excluding carboxylic acids is 2. The number of nitrogens with one attached hydrogen (secondary N) is 1. The molecule has 0 saturated carbocycles. The fourth-order valence-corrected chi connectivity index (χ4v) is 9.46. The van der Waals surface area contributed by atoms with Crippen molar-refractivity contribution >= 4 is 19.7 Å². The molecule has 0 heterocycles. The Bertz CT molecular complexity index is 1510. The van der Waals surface area contributed by atoms with Crippen LogP contribution in [0.15, 0.2) is 72.9 Å². The van der Waals surface area contributed by atoms with E-state index in [4.69, 9.17) is 13.8 Å². The maximum absolute atomic E-state index is 13.5. The summed E-state index contributed by atoms with van der Waals surface area (Å²) in [6.07, 6.45) is 70.1. The Balaban J connectivity index is 5.13. The molecule has 0 saturated heterocycles. The predicted molar refractivity (Wildman–Crippen MR) is 321 cm³/mol. The zero-order valence-corrected chi connectivity index (χ0v) is 50.6. The molecule has 75 heavy (non-hydrogen) atoms. The molecule has 3 unspecified atom stereocenters. The molecule has 1 amide bonds. The van der Waals surface area contributed by atoms with Crippen LogP contribution in [0.3, 0.4) is 0 Å². The minimum Gasteiger partial charge on any atom is -0.756 e. The molecule has 0 radical (unpaired) electrons. The normalized spacial score (nSPS) is 14.2. The number of phosphoric acid groups is 1. The number of hydrogen-bond donors (Lipinski definition) is 1. The summed E-state index contributed by atoms with van der Waals surface area (Å²) < 4.78 is 30.3. The Kier molecular flexibility index (Phi) is 52.9. The van der Waals surface area contributed by atoms with Gasteiger partial charge < -0.3 is 28.5 Å². The van der Waals surface area contributed by atoms with Crippen molar-refractivity contribution in [2.24, 2.45) is 0 Å². The number of likely N-dealkylation sites (N-methyl/N-ethyl adjacent to an activating group) is 1. The van der Waals surface area contributed by atoms with Crippen molar-refractivity contribution in [3.63, 3.8) is 0 Å². The maximum atomic E-state index is 13.5. The first kappa shape index (κ1) is 72.5.